The number of benzene rings is 2. The summed E-state index contributed by atoms with van der Waals surface area (Å²) >= 11 is 0. The monoisotopic (exact) mass is 368 g/mol. The molecule has 0 saturated carbocycles. The van der Waals surface area contributed by atoms with Gasteiger partial charge >= 0.3 is 0 Å². The second kappa shape index (κ2) is 8.49. The van der Waals surface area contributed by atoms with Gasteiger partial charge in [0.05, 0.1) is 6.04 Å². The van der Waals surface area contributed by atoms with E-state index in [0.717, 1.165) is 32.0 Å². The Morgan fingerprint density at radius 1 is 1.04 bits per heavy atom. The summed E-state index contributed by atoms with van der Waals surface area (Å²) in [6.45, 7) is 3.97. The minimum Gasteiger partial charge on any atom is -0.337 e. The maximum Gasteiger partial charge on any atom is 0.127 e. The topological polar surface area (TPSA) is 33.1 Å². The van der Waals surface area contributed by atoms with E-state index in [1.165, 1.54) is 16.7 Å². The predicted molar refractivity (Wildman–Crippen MR) is 108 cm³/mol. The summed E-state index contributed by atoms with van der Waals surface area (Å²) in [7, 11) is 2.07. The Morgan fingerprint density at radius 2 is 1.77 bits per heavy atom. The van der Waals surface area contributed by atoms with Crippen molar-refractivity contribution in [2.75, 3.05) is 19.6 Å². The molecular formula is C21H25ClN4. The molecule has 0 radical (unpaired) electrons. The SMILES string of the molecule is Cl.Cn1ccnc1C1CNCCN1Cc1ccc(-c2ccccc2)cc1. The molecule has 4 rings (SSSR count). The van der Waals surface area contributed by atoms with Gasteiger partial charge in [0.15, 0.2) is 0 Å². The highest BCUT2D eigenvalue weighted by Gasteiger charge is 2.26. The number of imidazole rings is 1. The summed E-state index contributed by atoms with van der Waals surface area (Å²) < 4.78 is 2.13. The number of hydrogen-bond acceptors (Lipinski definition) is 3. The van der Waals surface area contributed by atoms with Gasteiger partial charge in [-0.1, -0.05) is 54.6 Å². The van der Waals surface area contributed by atoms with Crippen molar-refractivity contribution in [3.8, 4) is 11.1 Å². The lowest BCUT2D eigenvalue weighted by atomic mass is 10.0. The van der Waals surface area contributed by atoms with Gasteiger partial charge in [0.25, 0.3) is 0 Å². The van der Waals surface area contributed by atoms with Gasteiger partial charge in [-0.3, -0.25) is 4.90 Å². The van der Waals surface area contributed by atoms with Gasteiger partial charge in [0.2, 0.25) is 0 Å². The number of rotatable bonds is 4. The van der Waals surface area contributed by atoms with E-state index in [0.29, 0.717) is 6.04 Å². The van der Waals surface area contributed by atoms with E-state index in [2.05, 4.69) is 81.4 Å². The van der Waals surface area contributed by atoms with E-state index in [4.69, 9.17) is 0 Å². The summed E-state index contributed by atoms with van der Waals surface area (Å²) in [6, 6.07) is 19.8. The highest BCUT2D eigenvalue weighted by atomic mass is 35.5. The average molecular weight is 369 g/mol. The van der Waals surface area contributed by atoms with Crippen LogP contribution in [-0.2, 0) is 13.6 Å². The van der Waals surface area contributed by atoms with Crippen LogP contribution in [0.1, 0.15) is 17.4 Å². The fraction of sp³-hybridized carbons (Fsp3) is 0.286. The third-order valence-electron chi connectivity index (χ3n) is 4.96. The van der Waals surface area contributed by atoms with Crippen LogP contribution in [0.5, 0.6) is 0 Å². The molecule has 0 amide bonds. The standard InChI is InChI=1S/C21H24N4.ClH/c1-24-13-12-23-21(24)20-15-22-11-14-25(20)16-17-7-9-19(10-8-17)18-5-3-2-4-6-18;/h2-10,12-13,20,22H,11,14-16H2,1H3;1H. The molecule has 2 heterocycles. The number of hydrogen-bond donors (Lipinski definition) is 1. The molecule has 2 aromatic carbocycles. The van der Waals surface area contributed by atoms with Crippen LogP contribution in [0.15, 0.2) is 67.0 Å². The third-order valence-corrected chi connectivity index (χ3v) is 4.96. The number of nitrogens with one attached hydrogen (secondary N) is 1. The first-order chi connectivity index (χ1) is 12.3. The smallest absolute Gasteiger partial charge is 0.127 e. The van der Waals surface area contributed by atoms with E-state index in [1.807, 2.05) is 12.4 Å². The van der Waals surface area contributed by atoms with Crippen molar-refractivity contribution in [1.82, 2.24) is 19.8 Å². The quantitative estimate of drug-likeness (QED) is 0.763. The Hall–Kier alpha value is -2.14. The molecule has 1 fully saturated rings. The van der Waals surface area contributed by atoms with Crippen LogP contribution in [0.4, 0.5) is 0 Å². The lowest BCUT2D eigenvalue weighted by Gasteiger charge is -2.35. The molecule has 26 heavy (non-hydrogen) atoms. The lowest BCUT2D eigenvalue weighted by molar-refractivity contribution is 0.145. The number of aryl methyl sites for hydroxylation is 1. The summed E-state index contributed by atoms with van der Waals surface area (Å²) in [5.41, 5.74) is 3.88. The van der Waals surface area contributed by atoms with E-state index in [9.17, 15) is 0 Å². The van der Waals surface area contributed by atoms with Gasteiger partial charge in [-0.15, -0.1) is 12.4 Å². The summed E-state index contributed by atoms with van der Waals surface area (Å²) in [5, 5.41) is 3.50. The Kier molecular flexibility index (Phi) is 6.09. The highest BCUT2D eigenvalue weighted by molar-refractivity contribution is 5.85. The molecule has 4 nitrogen and oxygen atoms in total. The molecule has 1 N–H and O–H groups in total. The van der Waals surface area contributed by atoms with Gasteiger partial charge in [-0.05, 0) is 16.7 Å². The van der Waals surface area contributed by atoms with Crippen LogP contribution < -0.4 is 5.32 Å². The van der Waals surface area contributed by atoms with Crippen molar-refractivity contribution < 1.29 is 0 Å². The molecular weight excluding hydrogens is 344 g/mol. The van der Waals surface area contributed by atoms with Gasteiger partial charge in [0, 0.05) is 45.6 Å². The van der Waals surface area contributed by atoms with Gasteiger partial charge in [-0.25, -0.2) is 4.98 Å². The number of piperazine rings is 1. The molecule has 1 saturated heterocycles. The molecule has 5 heteroatoms. The van der Waals surface area contributed by atoms with E-state index < -0.39 is 0 Å². The molecule has 1 aliphatic rings. The Labute approximate surface area is 161 Å². The fourth-order valence-electron chi connectivity index (χ4n) is 3.56. The molecule has 0 bridgehead atoms. The van der Waals surface area contributed by atoms with Crippen LogP contribution in [0.3, 0.4) is 0 Å². The largest absolute Gasteiger partial charge is 0.337 e. The maximum atomic E-state index is 4.57. The first kappa shape index (κ1) is 18.6. The number of halogens is 1. The molecule has 0 aliphatic carbocycles. The second-order valence-corrected chi connectivity index (χ2v) is 6.65. The molecule has 3 aromatic rings. The van der Waals surface area contributed by atoms with Crippen molar-refractivity contribution in [1.29, 1.82) is 0 Å². The Balaban J connectivity index is 0.00000196. The predicted octanol–water partition coefficient (Wildman–Crippen LogP) is 3.66. The normalized spacial score (nSPS) is 17.7. The lowest BCUT2D eigenvalue weighted by Crippen LogP contribution is -2.46. The van der Waals surface area contributed by atoms with Crippen molar-refractivity contribution >= 4 is 12.4 Å². The molecule has 136 valence electrons. The second-order valence-electron chi connectivity index (χ2n) is 6.65. The van der Waals surface area contributed by atoms with Crippen LogP contribution in [0, 0.1) is 0 Å². The van der Waals surface area contributed by atoms with E-state index in [1.54, 1.807) is 0 Å². The highest BCUT2D eigenvalue weighted by Crippen LogP contribution is 2.24. The number of nitrogens with zero attached hydrogens (tertiary/aromatic N) is 3. The Bertz CT molecular complexity index is 814. The average Bonchev–Trinajstić information content (AvgIpc) is 3.09. The first-order valence-electron chi connectivity index (χ1n) is 8.87. The molecule has 1 aliphatic heterocycles. The minimum atomic E-state index is 0. The van der Waals surface area contributed by atoms with E-state index >= 15 is 0 Å². The zero-order valence-electron chi connectivity index (χ0n) is 15.0. The fourth-order valence-corrected chi connectivity index (χ4v) is 3.56. The first-order valence-corrected chi connectivity index (χ1v) is 8.87. The van der Waals surface area contributed by atoms with Crippen LogP contribution in [0.25, 0.3) is 11.1 Å². The van der Waals surface area contributed by atoms with Crippen molar-refractivity contribution in [3.63, 3.8) is 0 Å². The van der Waals surface area contributed by atoms with Crippen molar-refractivity contribution in [2.24, 2.45) is 7.05 Å². The molecule has 1 atom stereocenters. The third kappa shape index (κ3) is 3.98. The van der Waals surface area contributed by atoms with Crippen LogP contribution in [-0.4, -0.2) is 34.1 Å². The Morgan fingerprint density at radius 3 is 2.46 bits per heavy atom. The van der Waals surface area contributed by atoms with Gasteiger partial charge in [0.1, 0.15) is 5.82 Å². The zero-order valence-corrected chi connectivity index (χ0v) is 15.8. The van der Waals surface area contributed by atoms with Crippen LogP contribution >= 0.6 is 12.4 Å². The summed E-state index contributed by atoms with van der Waals surface area (Å²) in [4.78, 5) is 7.09. The molecule has 0 spiro atoms. The molecule has 1 aromatic heterocycles. The zero-order chi connectivity index (χ0) is 17.1. The maximum absolute atomic E-state index is 4.57. The van der Waals surface area contributed by atoms with Crippen LogP contribution in [0.2, 0.25) is 0 Å². The van der Waals surface area contributed by atoms with Gasteiger partial charge < -0.3 is 9.88 Å². The van der Waals surface area contributed by atoms with Crippen molar-refractivity contribution in [3.05, 3.63) is 78.4 Å². The summed E-state index contributed by atoms with van der Waals surface area (Å²) in [5.74, 6) is 1.13. The summed E-state index contributed by atoms with van der Waals surface area (Å²) in [6.07, 6.45) is 3.91. The number of aromatic nitrogens is 2. The van der Waals surface area contributed by atoms with Gasteiger partial charge in [-0.2, -0.15) is 0 Å². The molecule has 1 unspecified atom stereocenters. The van der Waals surface area contributed by atoms with Crippen molar-refractivity contribution in [2.45, 2.75) is 12.6 Å². The van der Waals surface area contributed by atoms with E-state index in [-0.39, 0.29) is 12.4 Å². The minimum absolute atomic E-state index is 0.